The predicted octanol–water partition coefficient (Wildman–Crippen LogP) is 1.96. The molecule has 2 fully saturated rings. The SMILES string of the molecule is COCC(=O)N1CCC[C@H](C(=O)N2CCC(C#N)(c3ccccc3)CC2)C1. The van der Waals surface area contributed by atoms with Crippen molar-refractivity contribution in [3.63, 3.8) is 0 Å². The molecule has 0 aromatic heterocycles. The van der Waals surface area contributed by atoms with Crippen LogP contribution in [0.25, 0.3) is 0 Å². The molecule has 0 aliphatic carbocycles. The number of amides is 2. The predicted molar refractivity (Wildman–Crippen MR) is 101 cm³/mol. The molecular formula is C21H27N3O3. The molecule has 1 atom stereocenters. The van der Waals surface area contributed by atoms with Crippen LogP contribution in [-0.4, -0.2) is 61.5 Å². The van der Waals surface area contributed by atoms with Gasteiger partial charge in [0.05, 0.1) is 17.4 Å². The quantitative estimate of drug-likeness (QED) is 0.813. The lowest BCUT2D eigenvalue weighted by Crippen LogP contribution is -2.51. The van der Waals surface area contributed by atoms with Gasteiger partial charge in [0.15, 0.2) is 0 Å². The maximum absolute atomic E-state index is 13.0. The maximum Gasteiger partial charge on any atom is 0.248 e. The van der Waals surface area contributed by atoms with Crippen LogP contribution in [0.4, 0.5) is 0 Å². The number of rotatable bonds is 4. The zero-order chi connectivity index (χ0) is 19.3. The van der Waals surface area contributed by atoms with Crippen molar-refractivity contribution in [1.29, 1.82) is 5.26 Å². The van der Waals surface area contributed by atoms with Gasteiger partial charge in [-0.25, -0.2) is 0 Å². The average Bonchev–Trinajstić information content (AvgIpc) is 2.74. The first-order chi connectivity index (χ1) is 13.1. The van der Waals surface area contributed by atoms with Crippen molar-refractivity contribution < 1.29 is 14.3 Å². The Balaban J connectivity index is 1.61. The number of nitriles is 1. The number of piperidine rings is 2. The molecule has 0 radical (unpaired) electrons. The zero-order valence-electron chi connectivity index (χ0n) is 15.9. The van der Waals surface area contributed by atoms with Gasteiger partial charge in [0, 0.05) is 33.3 Å². The molecule has 0 N–H and O–H groups in total. The van der Waals surface area contributed by atoms with E-state index in [0.29, 0.717) is 39.0 Å². The van der Waals surface area contributed by atoms with Crippen LogP contribution in [0.5, 0.6) is 0 Å². The Morgan fingerprint density at radius 2 is 1.89 bits per heavy atom. The number of ether oxygens (including phenoxy) is 1. The van der Waals surface area contributed by atoms with E-state index < -0.39 is 5.41 Å². The van der Waals surface area contributed by atoms with Crippen molar-refractivity contribution >= 4 is 11.8 Å². The molecule has 2 saturated heterocycles. The second kappa shape index (κ2) is 8.53. The highest BCUT2D eigenvalue weighted by Crippen LogP contribution is 2.35. The van der Waals surface area contributed by atoms with Gasteiger partial charge in [-0.3, -0.25) is 9.59 Å². The van der Waals surface area contributed by atoms with Gasteiger partial charge in [0.25, 0.3) is 0 Å². The summed E-state index contributed by atoms with van der Waals surface area (Å²) in [7, 11) is 1.51. The van der Waals surface area contributed by atoms with Gasteiger partial charge >= 0.3 is 0 Å². The molecule has 3 rings (SSSR count). The van der Waals surface area contributed by atoms with Gasteiger partial charge in [0.1, 0.15) is 6.61 Å². The van der Waals surface area contributed by atoms with Crippen LogP contribution in [0.15, 0.2) is 30.3 Å². The molecule has 1 aromatic rings. The van der Waals surface area contributed by atoms with Crippen LogP contribution >= 0.6 is 0 Å². The van der Waals surface area contributed by atoms with E-state index in [1.54, 1.807) is 4.90 Å². The van der Waals surface area contributed by atoms with Crippen molar-refractivity contribution in [2.45, 2.75) is 31.1 Å². The fourth-order valence-corrected chi connectivity index (χ4v) is 4.21. The number of methoxy groups -OCH3 is 1. The summed E-state index contributed by atoms with van der Waals surface area (Å²) in [4.78, 5) is 28.7. The summed E-state index contributed by atoms with van der Waals surface area (Å²) in [5.74, 6) is -0.0865. The van der Waals surface area contributed by atoms with E-state index in [1.165, 1.54) is 7.11 Å². The number of carbonyl (C=O) groups is 2. The average molecular weight is 369 g/mol. The topological polar surface area (TPSA) is 73.6 Å². The first kappa shape index (κ1) is 19.4. The minimum absolute atomic E-state index is 0.0544. The van der Waals surface area contributed by atoms with Crippen LogP contribution in [0.3, 0.4) is 0 Å². The van der Waals surface area contributed by atoms with Crippen molar-refractivity contribution in [3.05, 3.63) is 35.9 Å². The number of benzene rings is 1. The summed E-state index contributed by atoms with van der Waals surface area (Å²) >= 11 is 0. The standard InChI is InChI=1S/C21H27N3O3/c1-27-15-19(25)24-11-5-6-17(14-24)20(26)23-12-9-21(16-22,10-13-23)18-7-3-2-4-8-18/h2-4,7-8,17H,5-6,9-15H2,1H3/t17-/m0/s1. The van der Waals surface area contributed by atoms with Crippen LogP contribution < -0.4 is 0 Å². The largest absolute Gasteiger partial charge is 0.375 e. The Morgan fingerprint density at radius 3 is 2.52 bits per heavy atom. The fraction of sp³-hybridized carbons (Fsp3) is 0.571. The molecule has 0 bridgehead atoms. The second-order valence-electron chi connectivity index (χ2n) is 7.50. The third-order valence-electron chi connectivity index (χ3n) is 5.86. The van der Waals surface area contributed by atoms with Crippen molar-refractivity contribution in [2.24, 2.45) is 5.92 Å². The molecule has 2 heterocycles. The zero-order valence-corrected chi connectivity index (χ0v) is 15.9. The Morgan fingerprint density at radius 1 is 1.19 bits per heavy atom. The van der Waals surface area contributed by atoms with Crippen molar-refractivity contribution in [1.82, 2.24) is 9.80 Å². The van der Waals surface area contributed by atoms with Crippen LogP contribution in [-0.2, 0) is 19.7 Å². The summed E-state index contributed by atoms with van der Waals surface area (Å²) < 4.78 is 4.93. The van der Waals surface area contributed by atoms with E-state index >= 15 is 0 Å². The Kier molecular flexibility index (Phi) is 6.12. The molecule has 6 nitrogen and oxygen atoms in total. The summed E-state index contributed by atoms with van der Waals surface area (Å²) in [5.41, 5.74) is 0.527. The van der Waals surface area contributed by atoms with Gasteiger partial charge in [-0.1, -0.05) is 30.3 Å². The summed E-state index contributed by atoms with van der Waals surface area (Å²) in [6, 6.07) is 12.4. The second-order valence-corrected chi connectivity index (χ2v) is 7.50. The summed E-state index contributed by atoms with van der Waals surface area (Å²) in [6.07, 6.45) is 2.95. The molecule has 2 aliphatic rings. The molecule has 27 heavy (non-hydrogen) atoms. The molecule has 0 unspecified atom stereocenters. The van der Waals surface area contributed by atoms with Gasteiger partial charge in [0.2, 0.25) is 11.8 Å². The van der Waals surface area contributed by atoms with Gasteiger partial charge in [-0.05, 0) is 31.2 Å². The highest BCUT2D eigenvalue weighted by Gasteiger charge is 2.39. The number of nitrogens with zero attached hydrogens (tertiary/aromatic N) is 3. The van der Waals surface area contributed by atoms with Gasteiger partial charge in [-0.15, -0.1) is 0 Å². The number of hydrogen-bond donors (Lipinski definition) is 0. The van der Waals surface area contributed by atoms with Crippen molar-refractivity contribution in [2.75, 3.05) is 39.9 Å². The lowest BCUT2D eigenvalue weighted by Gasteiger charge is -2.40. The van der Waals surface area contributed by atoms with E-state index in [1.807, 2.05) is 35.2 Å². The van der Waals surface area contributed by atoms with Crippen LogP contribution in [0.1, 0.15) is 31.2 Å². The molecule has 1 aromatic carbocycles. The van der Waals surface area contributed by atoms with Crippen molar-refractivity contribution in [3.8, 4) is 6.07 Å². The molecule has 144 valence electrons. The van der Waals surface area contributed by atoms with E-state index in [-0.39, 0.29) is 24.3 Å². The number of hydrogen-bond acceptors (Lipinski definition) is 4. The molecule has 0 spiro atoms. The molecule has 2 amide bonds. The molecule has 6 heteroatoms. The van der Waals surface area contributed by atoms with E-state index in [2.05, 4.69) is 6.07 Å². The summed E-state index contributed by atoms with van der Waals surface area (Å²) in [6.45, 7) is 2.40. The highest BCUT2D eigenvalue weighted by molar-refractivity contribution is 5.82. The van der Waals surface area contributed by atoms with E-state index in [4.69, 9.17) is 4.74 Å². The minimum atomic E-state index is -0.509. The van der Waals surface area contributed by atoms with E-state index in [9.17, 15) is 14.9 Å². The Labute approximate surface area is 160 Å². The highest BCUT2D eigenvalue weighted by atomic mass is 16.5. The smallest absolute Gasteiger partial charge is 0.248 e. The first-order valence-corrected chi connectivity index (χ1v) is 9.62. The lowest BCUT2D eigenvalue weighted by atomic mass is 9.74. The molecule has 2 aliphatic heterocycles. The Hall–Kier alpha value is -2.39. The first-order valence-electron chi connectivity index (χ1n) is 9.62. The normalized spacial score (nSPS) is 22.1. The van der Waals surface area contributed by atoms with Gasteiger partial charge in [-0.2, -0.15) is 5.26 Å². The van der Waals surface area contributed by atoms with E-state index in [0.717, 1.165) is 18.4 Å². The van der Waals surface area contributed by atoms with Crippen LogP contribution in [0, 0.1) is 17.2 Å². The van der Waals surface area contributed by atoms with Gasteiger partial charge < -0.3 is 14.5 Å². The minimum Gasteiger partial charge on any atom is -0.375 e. The monoisotopic (exact) mass is 369 g/mol. The number of likely N-dealkylation sites (tertiary alicyclic amines) is 2. The third kappa shape index (κ3) is 4.14. The van der Waals surface area contributed by atoms with Crippen LogP contribution in [0.2, 0.25) is 0 Å². The molecular weight excluding hydrogens is 342 g/mol. The summed E-state index contributed by atoms with van der Waals surface area (Å²) in [5, 5.41) is 9.81. The number of carbonyl (C=O) groups excluding carboxylic acids is 2. The molecule has 0 saturated carbocycles. The maximum atomic E-state index is 13.0. The third-order valence-corrected chi connectivity index (χ3v) is 5.86. The Bertz CT molecular complexity index is 705. The fourth-order valence-electron chi connectivity index (χ4n) is 4.21. The lowest BCUT2D eigenvalue weighted by molar-refractivity contribution is -0.143.